The summed E-state index contributed by atoms with van der Waals surface area (Å²) in [6, 6.07) is 1.20. The Bertz CT molecular complexity index is 310. The molecule has 0 bridgehead atoms. The van der Waals surface area contributed by atoms with Crippen LogP contribution in [0.4, 0.5) is 0 Å². The van der Waals surface area contributed by atoms with Gasteiger partial charge < -0.3 is 10.2 Å². The van der Waals surface area contributed by atoms with Crippen molar-refractivity contribution in [2.45, 2.75) is 76.3 Å². The molecule has 19 heavy (non-hydrogen) atoms. The maximum Gasteiger partial charge on any atom is 0.222 e. The number of nitrogens with one attached hydrogen (secondary N) is 1. The highest BCUT2D eigenvalue weighted by atomic mass is 16.2. The van der Waals surface area contributed by atoms with Crippen molar-refractivity contribution < 1.29 is 4.79 Å². The molecule has 1 saturated carbocycles. The van der Waals surface area contributed by atoms with Crippen LogP contribution < -0.4 is 5.32 Å². The average Bonchev–Trinajstić information content (AvgIpc) is 2.97. The molecule has 3 unspecified atom stereocenters. The van der Waals surface area contributed by atoms with E-state index in [-0.39, 0.29) is 0 Å². The fourth-order valence-electron chi connectivity index (χ4n) is 4.38. The molecule has 3 aliphatic rings. The fraction of sp³-hybridized carbons (Fsp3) is 0.938. The van der Waals surface area contributed by atoms with E-state index >= 15 is 0 Å². The molecule has 0 aromatic rings. The van der Waals surface area contributed by atoms with Gasteiger partial charge in [0.05, 0.1) is 0 Å². The summed E-state index contributed by atoms with van der Waals surface area (Å²) in [6.07, 6.45) is 12.3. The Hall–Kier alpha value is -0.570. The van der Waals surface area contributed by atoms with E-state index in [4.69, 9.17) is 0 Å². The number of nitrogens with zero attached hydrogens (tertiary/aromatic N) is 1. The average molecular weight is 264 g/mol. The molecule has 2 aliphatic heterocycles. The van der Waals surface area contributed by atoms with Gasteiger partial charge in [0.2, 0.25) is 5.91 Å². The van der Waals surface area contributed by atoms with Crippen molar-refractivity contribution in [1.82, 2.24) is 10.2 Å². The van der Waals surface area contributed by atoms with E-state index in [2.05, 4.69) is 10.2 Å². The van der Waals surface area contributed by atoms with E-state index in [0.29, 0.717) is 18.0 Å². The normalized spacial score (nSPS) is 35.2. The quantitative estimate of drug-likeness (QED) is 0.850. The van der Waals surface area contributed by atoms with Gasteiger partial charge in [-0.1, -0.05) is 12.8 Å². The van der Waals surface area contributed by atoms with Crippen LogP contribution >= 0.6 is 0 Å². The number of likely N-dealkylation sites (tertiary alicyclic amines) is 1. The highest BCUT2D eigenvalue weighted by Gasteiger charge is 2.35. The molecule has 1 N–H and O–H groups in total. The molecule has 2 heterocycles. The number of carbonyl (C=O) groups excluding carboxylic acids is 1. The van der Waals surface area contributed by atoms with Gasteiger partial charge in [-0.25, -0.2) is 0 Å². The van der Waals surface area contributed by atoms with Crippen LogP contribution in [-0.4, -0.2) is 36.0 Å². The zero-order chi connectivity index (χ0) is 13.1. The lowest BCUT2D eigenvalue weighted by Gasteiger charge is -2.44. The highest BCUT2D eigenvalue weighted by molar-refractivity contribution is 5.76. The van der Waals surface area contributed by atoms with Crippen LogP contribution in [0, 0.1) is 5.92 Å². The molecule has 0 spiro atoms. The molecule has 0 aromatic carbocycles. The van der Waals surface area contributed by atoms with E-state index in [1.807, 2.05) is 0 Å². The standard InChI is InChI=1S/C16H28N2O/c19-16(10-9-14-7-3-11-17-14)18-12-4-6-13-5-1-2-8-15(13)18/h13-15,17H,1-12H2. The third-order valence-corrected chi connectivity index (χ3v) is 5.43. The number of hydrogen-bond acceptors (Lipinski definition) is 2. The van der Waals surface area contributed by atoms with Crippen LogP contribution in [-0.2, 0) is 4.79 Å². The molecule has 108 valence electrons. The van der Waals surface area contributed by atoms with Crippen LogP contribution in [0.5, 0.6) is 0 Å². The first-order valence-corrected chi connectivity index (χ1v) is 8.37. The second-order valence-electron chi connectivity index (χ2n) is 6.67. The minimum atomic E-state index is 0.435. The lowest BCUT2D eigenvalue weighted by molar-refractivity contribution is -0.137. The summed E-state index contributed by atoms with van der Waals surface area (Å²) in [4.78, 5) is 14.8. The van der Waals surface area contributed by atoms with Gasteiger partial charge in [0, 0.05) is 25.0 Å². The molecule has 3 rings (SSSR count). The predicted molar refractivity (Wildman–Crippen MR) is 77.0 cm³/mol. The van der Waals surface area contributed by atoms with E-state index in [0.717, 1.165) is 31.8 Å². The first-order valence-electron chi connectivity index (χ1n) is 8.37. The van der Waals surface area contributed by atoms with Gasteiger partial charge >= 0.3 is 0 Å². The molecule has 2 saturated heterocycles. The molecule has 3 heteroatoms. The van der Waals surface area contributed by atoms with Crippen molar-refractivity contribution in [1.29, 1.82) is 0 Å². The van der Waals surface area contributed by atoms with Gasteiger partial charge in [0.25, 0.3) is 0 Å². The van der Waals surface area contributed by atoms with Crippen LogP contribution in [0.25, 0.3) is 0 Å². The van der Waals surface area contributed by atoms with Crippen molar-refractivity contribution in [3.05, 3.63) is 0 Å². The molecule has 1 amide bonds. The molecule has 1 aliphatic carbocycles. The largest absolute Gasteiger partial charge is 0.339 e. The number of rotatable bonds is 3. The maximum absolute atomic E-state index is 12.5. The van der Waals surface area contributed by atoms with Crippen LogP contribution in [0.3, 0.4) is 0 Å². The monoisotopic (exact) mass is 264 g/mol. The molecular formula is C16H28N2O. The first kappa shape index (κ1) is 13.4. The van der Waals surface area contributed by atoms with Crippen LogP contribution in [0.15, 0.2) is 0 Å². The second kappa shape index (κ2) is 6.25. The Morgan fingerprint density at radius 1 is 1.05 bits per heavy atom. The zero-order valence-corrected chi connectivity index (χ0v) is 12.1. The third-order valence-electron chi connectivity index (χ3n) is 5.43. The summed E-state index contributed by atoms with van der Waals surface area (Å²) in [7, 11) is 0. The Labute approximate surface area is 117 Å². The SMILES string of the molecule is O=C(CCC1CCCN1)N1CCCC2CCCCC21. The van der Waals surface area contributed by atoms with Crippen LogP contribution in [0.1, 0.15) is 64.2 Å². The van der Waals surface area contributed by atoms with Crippen molar-refractivity contribution in [2.24, 2.45) is 5.92 Å². The summed E-state index contributed by atoms with van der Waals surface area (Å²) in [5, 5.41) is 3.50. The smallest absolute Gasteiger partial charge is 0.222 e. The Morgan fingerprint density at radius 3 is 2.74 bits per heavy atom. The molecule has 0 radical (unpaired) electrons. The number of hydrogen-bond donors (Lipinski definition) is 1. The molecule has 3 fully saturated rings. The van der Waals surface area contributed by atoms with Crippen molar-refractivity contribution in [3.8, 4) is 0 Å². The van der Waals surface area contributed by atoms with Gasteiger partial charge in [-0.2, -0.15) is 0 Å². The van der Waals surface area contributed by atoms with E-state index in [1.54, 1.807) is 0 Å². The lowest BCUT2D eigenvalue weighted by Crippen LogP contribution is -2.49. The highest BCUT2D eigenvalue weighted by Crippen LogP contribution is 2.35. The molecule has 3 atom stereocenters. The third kappa shape index (κ3) is 3.13. The predicted octanol–water partition coefficient (Wildman–Crippen LogP) is 2.70. The minimum Gasteiger partial charge on any atom is -0.339 e. The second-order valence-corrected chi connectivity index (χ2v) is 6.67. The lowest BCUT2D eigenvalue weighted by atomic mass is 9.78. The Balaban J connectivity index is 1.52. The van der Waals surface area contributed by atoms with E-state index in [9.17, 15) is 4.79 Å². The Morgan fingerprint density at radius 2 is 1.89 bits per heavy atom. The summed E-state index contributed by atoms with van der Waals surface area (Å²) in [5.74, 6) is 1.25. The van der Waals surface area contributed by atoms with E-state index < -0.39 is 0 Å². The van der Waals surface area contributed by atoms with Crippen molar-refractivity contribution >= 4 is 5.91 Å². The number of piperidine rings is 1. The molecule has 3 nitrogen and oxygen atoms in total. The summed E-state index contributed by atoms with van der Waals surface area (Å²) >= 11 is 0. The fourth-order valence-corrected chi connectivity index (χ4v) is 4.38. The number of carbonyl (C=O) groups is 1. The topological polar surface area (TPSA) is 32.3 Å². The number of amides is 1. The van der Waals surface area contributed by atoms with Crippen molar-refractivity contribution in [3.63, 3.8) is 0 Å². The van der Waals surface area contributed by atoms with Gasteiger partial charge in [-0.15, -0.1) is 0 Å². The van der Waals surface area contributed by atoms with Crippen molar-refractivity contribution in [2.75, 3.05) is 13.1 Å². The minimum absolute atomic E-state index is 0.435. The van der Waals surface area contributed by atoms with E-state index in [1.165, 1.54) is 51.4 Å². The van der Waals surface area contributed by atoms with Gasteiger partial charge in [-0.05, 0) is 57.4 Å². The summed E-state index contributed by atoms with van der Waals surface area (Å²) < 4.78 is 0. The summed E-state index contributed by atoms with van der Waals surface area (Å²) in [5.41, 5.74) is 0. The zero-order valence-electron chi connectivity index (χ0n) is 12.1. The van der Waals surface area contributed by atoms with Gasteiger partial charge in [0.1, 0.15) is 0 Å². The van der Waals surface area contributed by atoms with Crippen LogP contribution in [0.2, 0.25) is 0 Å². The molecular weight excluding hydrogens is 236 g/mol. The van der Waals surface area contributed by atoms with Gasteiger partial charge in [0.15, 0.2) is 0 Å². The summed E-state index contributed by atoms with van der Waals surface area (Å²) in [6.45, 7) is 2.17. The molecule has 0 aromatic heterocycles. The first-order chi connectivity index (χ1) is 9.34. The van der Waals surface area contributed by atoms with Gasteiger partial charge in [-0.3, -0.25) is 4.79 Å². The number of fused-ring (bicyclic) bond motifs is 1. The maximum atomic E-state index is 12.5. The Kier molecular flexibility index (Phi) is 4.42.